The van der Waals surface area contributed by atoms with E-state index in [0.29, 0.717) is 41.0 Å². The first kappa shape index (κ1) is 19.6. The number of benzene rings is 1. The number of rotatable bonds is 8. The Morgan fingerprint density at radius 3 is 2.86 bits per heavy atom. The fraction of sp³-hybridized carbons (Fsp3) is 0.238. The molecule has 29 heavy (non-hydrogen) atoms. The van der Waals surface area contributed by atoms with Gasteiger partial charge in [0.2, 0.25) is 5.89 Å². The van der Waals surface area contributed by atoms with Gasteiger partial charge in [-0.05, 0) is 18.1 Å². The van der Waals surface area contributed by atoms with Crippen molar-refractivity contribution in [2.24, 2.45) is 0 Å². The second kappa shape index (κ2) is 8.75. The summed E-state index contributed by atoms with van der Waals surface area (Å²) in [5.74, 6) is 1.61. The number of thiophene rings is 1. The van der Waals surface area contributed by atoms with E-state index in [1.807, 2.05) is 36.4 Å². The maximum atomic E-state index is 12.9. The number of nitrogens with zero attached hydrogens (tertiary/aromatic N) is 4. The molecule has 148 valence electrons. The Hall–Kier alpha value is -2.71. The van der Waals surface area contributed by atoms with Crippen LogP contribution in [0.4, 0.5) is 0 Å². The Balaban J connectivity index is 1.55. The molecule has 3 heterocycles. The van der Waals surface area contributed by atoms with E-state index in [2.05, 4.69) is 23.6 Å². The van der Waals surface area contributed by atoms with Crippen LogP contribution in [0.15, 0.2) is 63.5 Å². The number of thioether (sulfide) groups is 1. The van der Waals surface area contributed by atoms with Crippen LogP contribution in [0.3, 0.4) is 0 Å². The van der Waals surface area contributed by atoms with E-state index in [4.69, 9.17) is 9.51 Å². The van der Waals surface area contributed by atoms with Crippen molar-refractivity contribution in [1.82, 2.24) is 19.7 Å². The number of hydrogen-bond acceptors (Lipinski definition) is 7. The third kappa shape index (κ3) is 4.33. The molecule has 3 aromatic heterocycles. The van der Waals surface area contributed by atoms with Gasteiger partial charge >= 0.3 is 0 Å². The van der Waals surface area contributed by atoms with Crippen molar-refractivity contribution in [2.75, 3.05) is 0 Å². The first-order valence-corrected chi connectivity index (χ1v) is 11.1. The lowest BCUT2D eigenvalue weighted by Gasteiger charge is -2.08. The molecule has 0 radical (unpaired) electrons. The minimum absolute atomic E-state index is 0.0383. The van der Waals surface area contributed by atoms with Gasteiger partial charge in [0.15, 0.2) is 11.0 Å². The zero-order valence-corrected chi connectivity index (χ0v) is 17.6. The summed E-state index contributed by atoms with van der Waals surface area (Å²) in [6.45, 7) is 6.25. The summed E-state index contributed by atoms with van der Waals surface area (Å²) in [5, 5.41) is 5.36. The van der Waals surface area contributed by atoms with E-state index in [9.17, 15) is 4.79 Å². The van der Waals surface area contributed by atoms with Crippen molar-refractivity contribution >= 4 is 33.3 Å². The first-order valence-electron chi connectivity index (χ1n) is 9.30. The lowest BCUT2D eigenvalue weighted by Crippen LogP contribution is -2.22. The molecule has 0 bridgehead atoms. The van der Waals surface area contributed by atoms with E-state index in [1.165, 1.54) is 11.8 Å². The Morgan fingerprint density at radius 2 is 2.10 bits per heavy atom. The normalized spacial score (nSPS) is 11.2. The molecule has 0 fully saturated rings. The SMILES string of the molecule is C=CCn1c(SCc2nc(Cc3ccccc3)no2)nc2sc(CC)cc2c1=O. The average Bonchev–Trinajstić information content (AvgIpc) is 3.36. The van der Waals surface area contributed by atoms with Gasteiger partial charge in [0, 0.05) is 17.8 Å². The first-order chi connectivity index (χ1) is 14.2. The minimum Gasteiger partial charge on any atom is -0.338 e. The van der Waals surface area contributed by atoms with Crippen LogP contribution in [0.25, 0.3) is 10.2 Å². The number of fused-ring (bicyclic) bond motifs is 1. The number of allylic oxidation sites excluding steroid dienone is 1. The fourth-order valence-corrected chi connectivity index (χ4v) is 4.80. The quantitative estimate of drug-likeness (QED) is 0.236. The second-order valence-electron chi connectivity index (χ2n) is 6.44. The lowest BCUT2D eigenvalue weighted by molar-refractivity contribution is 0.385. The molecule has 0 amide bonds. The molecule has 0 unspecified atom stereocenters. The second-order valence-corrected chi connectivity index (χ2v) is 8.50. The van der Waals surface area contributed by atoms with E-state index in [0.717, 1.165) is 21.7 Å². The monoisotopic (exact) mass is 424 g/mol. The molecule has 0 saturated heterocycles. The topological polar surface area (TPSA) is 73.8 Å². The van der Waals surface area contributed by atoms with Crippen LogP contribution >= 0.6 is 23.1 Å². The van der Waals surface area contributed by atoms with Crippen molar-refractivity contribution in [3.05, 3.63) is 81.6 Å². The predicted octanol–water partition coefficient (Wildman–Crippen LogP) is 4.47. The molecule has 0 N–H and O–H groups in total. The average molecular weight is 425 g/mol. The summed E-state index contributed by atoms with van der Waals surface area (Å²) in [4.78, 5) is 24.0. The Bertz CT molecular complexity index is 1190. The highest BCUT2D eigenvalue weighted by atomic mass is 32.2. The highest BCUT2D eigenvalue weighted by molar-refractivity contribution is 7.98. The van der Waals surface area contributed by atoms with Crippen molar-refractivity contribution < 1.29 is 4.52 Å². The minimum atomic E-state index is -0.0383. The van der Waals surface area contributed by atoms with Crippen molar-refractivity contribution in [2.45, 2.75) is 37.2 Å². The van der Waals surface area contributed by atoms with Gasteiger partial charge in [-0.1, -0.05) is 60.3 Å². The molecule has 0 aliphatic carbocycles. The third-order valence-electron chi connectivity index (χ3n) is 4.37. The van der Waals surface area contributed by atoms with Gasteiger partial charge in [0.1, 0.15) is 4.83 Å². The van der Waals surface area contributed by atoms with Crippen LogP contribution in [-0.2, 0) is 25.1 Å². The summed E-state index contributed by atoms with van der Waals surface area (Å²) in [5.41, 5.74) is 1.09. The molecule has 1 aromatic carbocycles. The molecule has 4 rings (SSSR count). The van der Waals surface area contributed by atoms with Crippen LogP contribution in [0.2, 0.25) is 0 Å². The molecule has 0 saturated carbocycles. The molecule has 0 atom stereocenters. The highest BCUT2D eigenvalue weighted by Gasteiger charge is 2.15. The summed E-state index contributed by atoms with van der Waals surface area (Å²) >= 11 is 2.98. The molecule has 0 aliphatic heterocycles. The van der Waals surface area contributed by atoms with Gasteiger partial charge < -0.3 is 4.52 Å². The van der Waals surface area contributed by atoms with Gasteiger partial charge in [-0.2, -0.15) is 4.98 Å². The van der Waals surface area contributed by atoms with E-state index in [1.54, 1.807) is 22.0 Å². The van der Waals surface area contributed by atoms with E-state index >= 15 is 0 Å². The highest BCUT2D eigenvalue weighted by Crippen LogP contribution is 2.26. The van der Waals surface area contributed by atoms with Gasteiger partial charge in [0.05, 0.1) is 11.1 Å². The Morgan fingerprint density at radius 1 is 1.28 bits per heavy atom. The maximum absolute atomic E-state index is 12.9. The van der Waals surface area contributed by atoms with Crippen LogP contribution in [0.1, 0.15) is 29.1 Å². The van der Waals surface area contributed by atoms with Crippen molar-refractivity contribution in [3.63, 3.8) is 0 Å². The third-order valence-corrected chi connectivity index (χ3v) is 6.50. The number of aryl methyl sites for hydroxylation is 1. The Labute approximate surface area is 176 Å². The molecule has 4 aromatic rings. The molecule has 0 spiro atoms. The van der Waals surface area contributed by atoms with Crippen LogP contribution in [0, 0.1) is 0 Å². The fourth-order valence-electron chi connectivity index (χ4n) is 2.95. The molecule has 6 nitrogen and oxygen atoms in total. The molecular weight excluding hydrogens is 404 g/mol. The molecule has 8 heteroatoms. The summed E-state index contributed by atoms with van der Waals surface area (Å²) in [6, 6.07) is 12.0. The zero-order valence-electron chi connectivity index (χ0n) is 16.0. The zero-order chi connectivity index (χ0) is 20.2. The van der Waals surface area contributed by atoms with Crippen LogP contribution in [0.5, 0.6) is 0 Å². The largest absolute Gasteiger partial charge is 0.338 e. The lowest BCUT2D eigenvalue weighted by atomic mass is 10.1. The van der Waals surface area contributed by atoms with Crippen LogP contribution in [-0.4, -0.2) is 19.7 Å². The van der Waals surface area contributed by atoms with E-state index in [-0.39, 0.29) is 5.56 Å². The Kier molecular flexibility index (Phi) is 5.92. The smallest absolute Gasteiger partial charge is 0.263 e. The van der Waals surface area contributed by atoms with Gasteiger partial charge in [-0.25, -0.2) is 4.98 Å². The van der Waals surface area contributed by atoms with Crippen LogP contribution < -0.4 is 5.56 Å². The number of aromatic nitrogens is 4. The van der Waals surface area contributed by atoms with Gasteiger partial charge in [-0.15, -0.1) is 17.9 Å². The van der Waals surface area contributed by atoms with Gasteiger partial charge in [-0.3, -0.25) is 9.36 Å². The summed E-state index contributed by atoms with van der Waals surface area (Å²) < 4.78 is 7.03. The summed E-state index contributed by atoms with van der Waals surface area (Å²) in [6.07, 6.45) is 3.21. The molecular formula is C21H20N4O2S2. The van der Waals surface area contributed by atoms with E-state index < -0.39 is 0 Å². The maximum Gasteiger partial charge on any atom is 0.263 e. The molecule has 0 aliphatic rings. The summed E-state index contributed by atoms with van der Waals surface area (Å²) in [7, 11) is 0. The standard InChI is InChI=1S/C21H20N4O2S2/c1-3-10-25-20(26)16-12-15(4-2)29-19(16)23-21(25)28-13-18-22-17(24-27-18)11-14-8-6-5-7-9-14/h3,5-9,12H,1,4,10-11,13H2,2H3. The van der Waals surface area contributed by atoms with Crippen molar-refractivity contribution in [3.8, 4) is 0 Å². The number of hydrogen-bond donors (Lipinski definition) is 0. The van der Waals surface area contributed by atoms with Gasteiger partial charge in [0.25, 0.3) is 5.56 Å². The predicted molar refractivity (Wildman–Crippen MR) is 117 cm³/mol. The van der Waals surface area contributed by atoms with Crippen molar-refractivity contribution in [1.29, 1.82) is 0 Å².